The zero-order chi connectivity index (χ0) is 11.1. The fraction of sp³-hybridized carbons (Fsp3) is 0.500. The van der Waals surface area contributed by atoms with E-state index in [-0.39, 0.29) is 7.05 Å². The molecule has 1 unspecified atom stereocenters. The molecule has 1 fully saturated rings. The lowest BCUT2D eigenvalue weighted by Gasteiger charge is -2.43. The maximum atomic E-state index is 9.44. The molecule has 3 rings (SSSR count). The van der Waals surface area contributed by atoms with Gasteiger partial charge in [-0.2, -0.15) is 0 Å². The van der Waals surface area contributed by atoms with Crippen molar-refractivity contribution in [1.29, 1.82) is 0 Å². The minimum atomic E-state index is -0.291. The van der Waals surface area contributed by atoms with Crippen LogP contribution < -0.4 is 5.32 Å². The molecule has 0 saturated carbocycles. The van der Waals surface area contributed by atoms with E-state index in [0.717, 1.165) is 19.6 Å². The van der Waals surface area contributed by atoms with Crippen LogP contribution in [0, 0.1) is 5.92 Å². The van der Waals surface area contributed by atoms with Gasteiger partial charge in [-0.1, -0.05) is 18.2 Å². The zero-order valence-electron chi connectivity index (χ0n) is 9.56. The Labute approximate surface area is 96.6 Å². The normalized spacial score (nSPS) is 24.8. The minimum absolute atomic E-state index is 0.291. The van der Waals surface area contributed by atoms with E-state index in [0.29, 0.717) is 11.8 Å². The maximum absolute atomic E-state index is 9.44. The van der Waals surface area contributed by atoms with Gasteiger partial charge in [0.2, 0.25) is 0 Å². The van der Waals surface area contributed by atoms with E-state index in [9.17, 15) is 5.02 Å². The highest BCUT2D eigenvalue weighted by atomic mass is 16.2. The lowest BCUT2D eigenvalue weighted by atomic mass is 9.73. The summed E-state index contributed by atoms with van der Waals surface area (Å²) >= 11 is 0. The van der Waals surface area contributed by atoms with Gasteiger partial charge >= 0.3 is 7.05 Å². The van der Waals surface area contributed by atoms with Gasteiger partial charge in [0.1, 0.15) is 0 Å². The van der Waals surface area contributed by atoms with Crippen molar-refractivity contribution in [1.82, 2.24) is 4.81 Å². The fourth-order valence-electron chi connectivity index (χ4n) is 2.84. The lowest BCUT2D eigenvalue weighted by Crippen LogP contribution is -2.55. The highest BCUT2D eigenvalue weighted by molar-refractivity contribution is 6.45. The summed E-state index contributed by atoms with van der Waals surface area (Å²) < 4.78 is 0. The van der Waals surface area contributed by atoms with Crippen molar-refractivity contribution in [3.8, 4) is 0 Å². The maximum Gasteiger partial charge on any atom is 0.376 e. The van der Waals surface area contributed by atoms with Crippen LogP contribution in [0.15, 0.2) is 24.3 Å². The van der Waals surface area contributed by atoms with Gasteiger partial charge in [-0.3, -0.25) is 0 Å². The molecule has 1 aromatic rings. The number of para-hydroxylation sites is 1. The monoisotopic (exact) mass is 216 g/mol. The first-order valence-electron chi connectivity index (χ1n) is 6.00. The molecule has 1 aromatic carbocycles. The largest absolute Gasteiger partial charge is 0.437 e. The molecule has 0 radical (unpaired) electrons. The zero-order valence-corrected chi connectivity index (χ0v) is 9.56. The Morgan fingerprint density at radius 2 is 2.12 bits per heavy atom. The van der Waals surface area contributed by atoms with Gasteiger partial charge < -0.3 is 15.2 Å². The second-order valence-corrected chi connectivity index (χ2v) is 4.92. The highest BCUT2D eigenvalue weighted by Crippen LogP contribution is 2.39. The molecule has 2 heterocycles. The number of benzene rings is 1. The SMILES string of the molecule is CB(O)N1CC(C2CNc3ccccc32)C1. The Bertz CT molecular complexity index is 390. The number of rotatable bonds is 2. The Kier molecular flexibility index (Phi) is 2.41. The van der Waals surface area contributed by atoms with Gasteiger partial charge in [0.05, 0.1) is 0 Å². The molecule has 0 aliphatic carbocycles. The Balaban J connectivity index is 1.71. The molecule has 1 atom stereocenters. The van der Waals surface area contributed by atoms with E-state index in [2.05, 4.69) is 34.4 Å². The van der Waals surface area contributed by atoms with Gasteiger partial charge in [-0.05, 0) is 37.5 Å². The summed E-state index contributed by atoms with van der Waals surface area (Å²) in [6, 6.07) is 8.58. The quantitative estimate of drug-likeness (QED) is 0.730. The average molecular weight is 216 g/mol. The Morgan fingerprint density at radius 3 is 2.88 bits per heavy atom. The van der Waals surface area contributed by atoms with Crippen molar-refractivity contribution < 1.29 is 5.02 Å². The number of hydrogen-bond acceptors (Lipinski definition) is 3. The second-order valence-electron chi connectivity index (χ2n) is 4.92. The summed E-state index contributed by atoms with van der Waals surface area (Å²) in [4.78, 5) is 2.12. The Morgan fingerprint density at radius 1 is 1.38 bits per heavy atom. The second kappa shape index (κ2) is 3.79. The topological polar surface area (TPSA) is 35.5 Å². The van der Waals surface area contributed by atoms with Crippen LogP contribution in [0.25, 0.3) is 0 Å². The summed E-state index contributed by atoms with van der Waals surface area (Å²) in [5.74, 6) is 1.33. The van der Waals surface area contributed by atoms with E-state index in [4.69, 9.17) is 0 Å². The third-order valence-electron chi connectivity index (χ3n) is 3.91. The van der Waals surface area contributed by atoms with E-state index in [1.54, 1.807) is 0 Å². The van der Waals surface area contributed by atoms with Crippen molar-refractivity contribution in [2.75, 3.05) is 25.0 Å². The van der Waals surface area contributed by atoms with Crippen LogP contribution in [-0.2, 0) is 0 Å². The summed E-state index contributed by atoms with van der Waals surface area (Å²) in [5, 5.41) is 12.9. The van der Waals surface area contributed by atoms with E-state index >= 15 is 0 Å². The lowest BCUT2D eigenvalue weighted by molar-refractivity contribution is 0.153. The van der Waals surface area contributed by atoms with Crippen LogP contribution in [0.5, 0.6) is 0 Å². The number of fused-ring (bicyclic) bond motifs is 1. The van der Waals surface area contributed by atoms with Crippen molar-refractivity contribution in [3.63, 3.8) is 0 Å². The summed E-state index contributed by atoms with van der Waals surface area (Å²) in [6.45, 7) is 4.95. The minimum Gasteiger partial charge on any atom is -0.437 e. The van der Waals surface area contributed by atoms with Gasteiger partial charge in [-0.15, -0.1) is 0 Å². The summed E-state index contributed by atoms with van der Waals surface area (Å²) in [5.41, 5.74) is 2.75. The van der Waals surface area contributed by atoms with Crippen molar-refractivity contribution in [3.05, 3.63) is 29.8 Å². The molecule has 2 aliphatic rings. The molecular weight excluding hydrogens is 199 g/mol. The number of anilines is 1. The first-order chi connectivity index (χ1) is 7.75. The number of nitrogens with one attached hydrogen (secondary N) is 1. The first kappa shape index (κ1) is 10.2. The summed E-state index contributed by atoms with van der Waals surface area (Å²) in [6.07, 6.45) is 0. The Hall–Kier alpha value is -0.995. The first-order valence-corrected chi connectivity index (χ1v) is 6.00. The van der Waals surface area contributed by atoms with Crippen molar-refractivity contribution >= 4 is 12.7 Å². The van der Waals surface area contributed by atoms with Gasteiger partial charge in [-0.25, -0.2) is 0 Å². The molecule has 2 aliphatic heterocycles. The molecule has 0 amide bonds. The van der Waals surface area contributed by atoms with Gasteiger partial charge in [0, 0.05) is 18.2 Å². The third kappa shape index (κ3) is 1.53. The molecule has 4 heteroatoms. The van der Waals surface area contributed by atoms with Gasteiger partial charge in [0.15, 0.2) is 0 Å². The number of nitrogens with zero attached hydrogens (tertiary/aromatic N) is 1. The predicted octanol–water partition coefficient (Wildman–Crippen LogP) is 1.24. The molecule has 3 nitrogen and oxygen atoms in total. The van der Waals surface area contributed by atoms with Crippen LogP contribution >= 0.6 is 0 Å². The van der Waals surface area contributed by atoms with E-state index in [1.807, 2.05) is 6.82 Å². The molecule has 0 aromatic heterocycles. The molecule has 84 valence electrons. The van der Waals surface area contributed by atoms with Crippen LogP contribution in [0.1, 0.15) is 11.5 Å². The molecular formula is C12H17BN2O. The van der Waals surface area contributed by atoms with Crippen LogP contribution in [0.4, 0.5) is 5.69 Å². The predicted molar refractivity (Wildman–Crippen MR) is 66.6 cm³/mol. The third-order valence-corrected chi connectivity index (χ3v) is 3.91. The smallest absolute Gasteiger partial charge is 0.376 e. The molecule has 16 heavy (non-hydrogen) atoms. The fourth-order valence-corrected chi connectivity index (χ4v) is 2.84. The molecule has 0 spiro atoms. The van der Waals surface area contributed by atoms with Crippen LogP contribution in [0.3, 0.4) is 0 Å². The highest BCUT2D eigenvalue weighted by Gasteiger charge is 2.39. The molecule has 1 saturated heterocycles. The molecule has 2 N–H and O–H groups in total. The summed E-state index contributed by atoms with van der Waals surface area (Å²) in [7, 11) is -0.291. The standard InChI is InChI=1S/C12H17BN2O/c1-13(16)15-7-9(8-15)11-6-14-12-5-3-2-4-10(11)12/h2-5,9,11,14,16H,6-8H2,1H3. The number of hydrogen-bond donors (Lipinski definition) is 2. The van der Waals surface area contributed by atoms with Crippen molar-refractivity contribution in [2.24, 2.45) is 5.92 Å². The van der Waals surface area contributed by atoms with Crippen LogP contribution in [0.2, 0.25) is 6.82 Å². The van der Waals surface area contributed by atoms with Gasteiger partial charge in [0.25, 0.3) is 0 Å². The van der Waals surface area contributed by atoms with E-state index in [1.165, 1.54) is 11.3 Å². The van der Waals surface area contributed by atoms with Crippen molar-refractivity contribution in [2.45, 2.75) is 12.7 Å². The average Bonchev–Trinajstić information content (AvgIpc) is 2.60. The molecule has 0 bridgehead atoms. The van der Waals surface area contributed by atoms with E-state index < -0.39 is 0 Å². The van der Waals surface area contributed by atoms with Crippen LogP contribution in [-0.4, -0.2) is 36.5 Å².